The average molecular weight is 487 g/mol. The molecule has 2 aromatic carbocycles. The second-order valence-corrected chi connectivity index (χ2v) is 10.9. The first kappa shape index (κ1) is 28.7. The highest BCUT2D eigenvalue weighted by Crippen LogP contribution is 2.38. The maximum absolute atomic E-state index is 12.6. The van der Waals surface area contributed by atoms with Gasteiger partial charge in [-0.2, -0.15) is 0 Å². The molecule has 35 heavy (non-hydrogen) atoms. The zero-order valence-electron chi connectivity index (χ0n) is 23.0. The smallest absolute Gasteiger partial charge is 0.306 e. The van der Waals surface area contributed by atoms with E-state index >= 15 is 0 Å². The molecule has 0 bridgehead atoms. The average Bonchev–Trinajstić information content (AvgIpc) is 2.77. The van der Waals surface area contributed by atoms with Crippen molar-refractivity contribution in [1.82, 2.24) is 0 Å². The molecule has 0 N–H and O–H groups in total. The van der Waals surface area contributed by atoms with Gasteiger partial charge in [0.15, 0.2) is 0 Å². The van der Waals surface area contributed by atoms with Gasteiger partial charge in [-0.15, -0.1) is 0 Å². The summed E-state index contributed by atoms with van der Waals surface area (Å²) < 4.78 is 28.2. The molecule has 6 nitrogen and oxygen atoms in total. The van der Waals surface area contributed by atoms with E-state index in [1.807, 2.05) is 97.0 Å². The summed E-state index contributed by atoms with van der Waals surface area (Å²) in [5, 5.41) is 0. The minimum absolute atomic E-state index is 0.215. The zero-order chi connectivity index (χ0) is 26.5. The van der Waals surface area contributed by atoms with Crippen LogP contribution in [0.25, 0.3) is 0 Å². The molecule has 0 radical (unpaired) electrons. The van der Waals surface area contributed by atoms with Crippen molar-refractivity contribution in [2.45, 2.75) is 90.8 Å². The summed E-state index contributed by atoms with van der Waals surface area (Å²) >= 11 is 0. The van der Waals surface area contributed by atoms with E-state index in [0.29, 0.717) is 17.9 Å². The standard InChI is InChI=1S/C29H42O6/c1-26(2,3)35-25(30)19-20-29(8,21-11-15-23(16-12-21)33-27(4,5)31-9)22-13-17-24(18-14-22)34-28(6,7)32-10/h11-18H,19-20H2,1-10H3. The normalized spacial score (nSPS) is 12.9. The predicted molar refractivity (Wildman–Crippen MR) is 138 cm³/mol. The third-order valence-electron chi connectivity index (χ3n) is 5.94. The van der Waals surface area contributed by atoms with E-state index in [-0.39, 0.29) is 12.4 Å². The summed E-state index contributed by atoms with van der Waals surface area (Å²) in [4.78, 5) is 12.6. The van der Waals surface area contributed by atoms with Crippen LogP contribution in [0.5, 0.6) is 11.5 Å². The molecular formula is C29H42O6. The summed E-state index contributed by atoms with van der Waals surface area (Å²) in [6.07, 6.45) is 0.868. The molecule has 0 saturated heterocycles. The van der Waals surface area contributed by atoms with Crippen LogP contribution in [0.2, 0.25) is 0 Å². The molecule has 0 amide bonds. The van der Waals surface area contributed by atoms with Crippen LogP contribution in [0.4, 0.5) is 0 Å². The van der Waals surface area contributed by atoms with Crippen LogP contribution in [0, 0.1) is 0 Å². The van der Waals surface area contributed by atoms with Crippen molar-refractivity contribution in [3.8, 4) is 11.5 Å². The van der Waals surface area contributed by atoms with Gasteiger partial charge in [-0.25, -0.2) is 0 Å². The Bertz CT molecular complexity index is 891. The molecule has 2 aromatic rings. The summed E-state index contributed by atoms with van der Waals surface area (Å²) in [5.41, 5.74) is 1.17. The Morgan fingerprint density at radius 1 is 0.657 bits per heavy atom. The Balaban J connectivity index is 2.36. The minimum atomic E-state index is -0.729. The first-order valence-electron chi connectivity index (χ1n) is 12.0. The summed E-state index contributed by atoms with van der Waals surface area (Å²) in [6, 6.07) is 15.9. The fraction of sp³-hybridized carbons (Fsp3) is 0.552. The third kappa shape index (κ3) is 8.55. The molecule has 6 heteroatoms. The second-order valence-electron chi connectivity index (χ2n) is 10.9. The quantitative estimate of drug-likeness (QED) is 0.262. The molecule has 2 rings (SSSR count). The number of rotatable bonds is 11. The van der Waals surface area contributed by atoms with Crippen LogP contribution < -0.4 is 9.47 Å². The van der Waals surface area contributed by atoms with Crippen LogP contribution in [-0.4, -0.2) is 37.4 Å². The van der Waals surface area contributed by atoms with Crippen LogP contribution in [0.15, 0.2) is 48.5 Å². The number of hydrogen-bond acceptors (Lipinski definition) is 6. The molecule has 0 saturated carbocycles. The fourth-order valence-electron chi connectivity index (χ4n) is 3.63. The number of carbonyl (C=O) groups is 1. The summed E-state index contributed by atoms with van der Waals surface area (Å²) in [7, 11) is 3.23. The molecule has 0 atom stereocenters. The number of ether oxygens (including phenoxy) is 5. The Hall–Kier alpha value is -2.57. The number of methoxy groups -OCH3 is 2. The van der Waals surface area contributed by atoms with Crippen molar-refractivity contribution >= 4 is 5.97 Å². The van der Waals surface area contributed by atoms with E-state index in [2.05, 4.69) is 6.92 Å². The van der Waals surface area contributed by atoms with Gasteiger partial charge in [0.05, 0.1) is 0 Å². The van der Waals surface area contributed by atoms with Crippen molar-refractivity contribution in [2.24, 2.45) is 0 Å². The Kier molecular flexibility index (Phi) is 9.01. The van der Waals surface area contributed by atoms with Gasteiger partial charge < -0.3 is 23.7 Å². The highest BCUT2D eigenvalue weighted by Gasteiger charge is 2.31. The van der Waals surface area contributed by atoms with Gasteiger partial charge in [-0.05, 0) is 62.6 Å². The van der Waals surface area contributed by atoms with Crippen molar-refractivity contribution in [1.29, 1.82) is 0 Å². The van der Waals surface area contributed by atoms with E-state index in [1.165, 1.54) is 0 Å². The van der Waals surface area contributed by atoms with Crippen LogP contribution in [0.3, 0.4) is 0 Å². The van der Waals surface area contributed by atoms with E-state index in [0.717, 1.165) is 11.1 Å². The Morgan fingerprint density at radius 2 is 1.03 bits per heavy atom. The molecule has 0 spiro atoms. The van der Waals surface area contributed by atoms with Crippen molar-refractivity contribution in [3.05, 3.63) is 59.7 Å². The van der Waals surface area contributed by atoms with Gasteiger partial charge >= 0.3 is 5.97 Å². The lowest BCUT2D eigenvalue weighted by atomic mass is 9.73. The van der Waals surface area contributed by atoms with Gasteiger partial charge in [-0.3, -0.25) is 4.79 Å². The topological polar surface area (TPSA) is 63.2 Å². The maximum atomic E-state index is 12.6. The molecule has 0 heterocycles. The van der Waals surface area contributed by atoms with E-state index in [9.17, 15) is 4.79 Å². The lowest BCUT2D eigenvalue weighted by molar-refractivity contribution is -0.155. The molecular weight excluding hydrogens is 444 g/mol. The number of carbonyl (C=O) groups excluding carboxylic acids is 1. The highest BCUT2D eigenvalue weighted by molar-refractivity contribution is 5.70. The van der Waals surface area contributed by atoms with Gasteiger partial charge in [0.1, 0.15) is 17.1 Å². The molecule has 0 aliphatic carbocycles. The second kappa shape index (κ2) is 11.0. The van der Waals surface area contributed by atoms with Crippen molar-refractivity contribution in [3.63, 3.8) is 0 Å². The Labute approximate surface area is 210 Å². The van der Waals surface area contributed by atoms with Gasteiger partial charge in [0.25, 0.3) is 0 Å². The third-order valence-corrected chi connectivity index (χ3v) is 5.94. The van der Waals surface area contributed by atoms with E-state index < -0.39 is 22.6 Å². The Morgan fingerprint density at radius 3 is 1.34 bits per heavy atom. The first-order valence-corrected chi connectivity index (χ1v) is 12.0. The molecule has 0 aliphatic heterocycles. The molecule has 0 unspecified atom stereocenters. The lowest BCUT2D eigenvalue weighted by Gasteiger charge is -2.32. The monoisotopic (exact) mass is 486 g/mol. The fourth-order valence-corrected chi connectivity index (χ4v) is 3.63. The van der Waals surface area contributed by atoms with Crippen molar-refractivity contribution < 1.29 is 28.5 Å². The van der Waals surface area contributed by atoms with Crippen LogP contribution in [-0.2, 0) is 24.4 Å². The van der Waals surface area contributed by atoms with E-state index in [4.69, 9.17) is 23.7 Å². The molecule has 0 fully saturated rings. The number of benzene rings is 2. The summed E-state index contributed by atoms with van der Waals surface area (Å²) in [6.45, 7) is 15.2. The van der Waals surface area contributed by atoms with Crippen LogP contribution in [0.1, 0.15) is 79.4 Å². The van der Waals surface area contributed by atoms with Gasteiger partial charge in [-0.1, -0.05) is 31.2 Å². The zero-order valence-corrected chi connectivity index (χ0v) is 23.0. The molecule has 194 valence electrons. The largest absolute Gasteiger partial charge is 0.463 e. The molecule has 0 aliphatic rings. The van der Waals surface area contributed by atoms with Crippen LogP contribution >= 0.6 is 0 Å². The highest BCUT2D eigenvalue weighted by atomic mass is 16.7. The first-order chi connectivity index (χ1) is 16.1. The number of esters is 1. The van der Waals surface area contributed by atoms with Crippen molar-refractivity contribution in [2.75, 3.05) is 14.2 Å². The minimum Gasteiger partial charge on any atom is -0.463 e. The lowest BCUT2D eigenvalue weighted by Crippen LogP contribution is -2.31. The summed E-state index contributed by atoms with van der Waals surface area (Å²) in [5.74, 6) is -0.255. The SMILES string of the molecule is COC(C)(C)Oc1ccc(C(C)(CCC(=O)OC(C)(C)C)c2ccc(OC(C)(C)OC)cc2)cc1. The maximum Gasteiger partial charge on any atom is 0.306 e. The molecule has 0 aromatic heterocycles. The predicted octanol–water partition coefficient (Wildman–Crippen LogP) is 6.64. The number of hydrogen-bond donors (Lipinski definition) is 0. The van der Waals surface area contributed by atoms with Gasteiger partial charge in [0, 0.05) is 53.8 Å². The van der Waals surface area contributed by atoms with E-state index in [1.54, 1.807) is 14.2 Å². The van der Waals surface area contributed by atoms with Gasteiger partial charge in [0.2, 0.25) is 11.6 Å².